The molecule has 0 aliphatic carbocycles. The Morgan fingerprint density at radius 3 is 1.61 bits per heavy atom. The number of carboxylic acids is 2. The third kappa shape index (κ3) is 15.5. The molecule has 0 aliphatic heterocycles. The number of carbonyl (C=O) groups excluding carboxylic acids is 1. The summed E-state index contributed by atoms with van der Waals surface area (Å²) >= 11 is 0. The molecule has 0 saturated heterocycles. The molecule has 28 heavy (non-hydrogen) atoms. The van der Waals surface area contributed by atoms with Gasteiger partial charge in [-0.25, -0.2) is 4.79 Å². The number of carbonyl (C=O) groups is 3. The first kappa shape index (κ1) is 26.4. The van der Waals surface area contributed by atoms with E-state index in [0.29, 0.717) is 0 Å². The predicted molar refractivity (Wildman–Crippen MR) is 111 cm³/mol. The van der Waals surface area contributed by atoms with E-state index in [1.165, 1.54) is 51.4 Å². The Balaban J connectivity index is 3.73. The summed E-state index contributed by atoms with van der Waals surface area (Å²) in [6.45, 7) is 6.34. The zero-order chi connectivity index (χ0) is 21.4. The Bertz CT molecular complexity index is 450. The lowest BCUT2D eigenvalue weighted by molar-refractivity contribution is -0.143. The summed E-state index contributed by atoms with van der Waals surface area (Å²) in [5, 5.41) is 20.2. The van der Waals surface area contributed by atoms with Crippen LogP contribution in [0.5, 0.6) is 0 Å². The number of amides is 1. The zero-order valence-electron chi connectivity index (χ0n) is 18.0. The molecule has 0 spiro atoms. The molecule has 0 aromatic carbocycles. The van der Waals surface area contributed by atoms with Crippen LogP contribution >= 0.6 is 0 Å². The average molecular weight is 400 g/mol. The van der Waals surface area contributed by atoms with Crippen molar-refractivity contribution in [1.82, 2.24) is 5.32 Å². The van der Waals surface area contributed by atoms with Crippen LogP contribution in [-0.4, -0.2) is 34.1 Å². The normalized spacial score (nSPS) is 13.3. The Morgan fingerprint density at radius 2 is 1.18 bits per heavy atom. The minimum atomic E-state index is -1.19. The maximum absolute atomic E-state index is 12.1. The van der Waals surface area contributed by atoms with E-state index in [9.17, 15) is 14.4 Å². The molecular weight excluding hydrogens is 358 g/mol. The van der Waals surface area contributed by atoms with E-state index in [4.69, 9.17) is 10.2 Å². The van der Waals surface area contributed by atoms with E-state index < -0.39 is 18.0 Å². The van der Waals surface area contributed by atoms with Crippen molar-refractivity contribution in [3.63, 3.8) is 0 Å². The van der Waals surface area contributed by atoms with Gasteiger partial charge in [-0.3, -0.25) is 9.59 Å². The molecule has 0 heterocycles. The van der Waals surface area contributed by atoms with Gasteiger partial charge in [0.05, 0.1) is 0 Å². The SMILES string of the molecule is CC(C)CCCCCCCCCCCC(C)C(=O)NC(CCC(=O)O)C(=O)O. The second-order valence-electron chi connectivity index (χ2n) is 8.39. The van der Waals surface area contributed by atoms with Gasteiger partial charge in [-0.1, -0.05) is 85.0 Å². The molecule has 0 radical (unpaired) electrons. The highest BCUT2D eigenvalue weighted by Crippen LogP contribution is 2.15. The second kappa shape index (κ2) is 16.4. The van der Waals surface area contributed by atoms with Crippen molar-refractivity contribution in [3.8, 4) is 0 Å². The van der Waals surface area contributed by atoms with Crippen LogP contribution in [0.25, 0.3) is 0 Å². The van der Waals surface area contributed by atoms with E-state index >= 15 is 0 Å². The molecule has 3 N–H and O–H groups in total. The number of hydrogen-bond donors (Lipinski definition) is 3. The number of nitrogens with one attached hydrogen (secondary N) is 1. The Morgan fingerprint density at radius 1 is 0.714 bits per heavy atom. The van der Waals surface area contributed by atoms with Gasteiger partial charge in [-0.2, -0.15) is 0 Å². The monoisotopic (exact) mass is 399 g/mol. The highest BCUT2D eigenvalue weighted by atomic mass is 16.4. The van der Waals surface area contributed by atoms with Crippen LogP contribution in [0, 0.1) is 11.8 Å². The van der Waals surface area contributed by atoms with Gasteiger partial charge in [0.2, 0.25) is 5.91 Å². The van der Waals surface area contributed by atoms with Gasteiger partial charge in [0, 0.05) is 12.3 Å². The molecule has 0 saturated carbocycles. The van der Waals surface area contributed by atoms with Crippen LogP contribution in [0.4, 0.5) is 0 Å². The standard InChI is InChI=1S/C22H41NO5/c1-17(2)13-11-9-7-5-4-6-8-10-12-14-18(3)21(26)23-19(22(27)28)15-16-20(24)25/h17-19H,4-16H2,1-3H3,(H,23,26)(H,24,25)(H,27,28). The van der Waals surface area contributed by atoms with Crippen LogP contribution in [0.3, 0.4) is 0 Å². The average Bonchev–Trinajstić information content (AvgIpc) is 2.61. The summed E-state index contributed by atoms with van der Waals surface area (Å²) < 4.78 is 0. The van der Waals surface area contributed by atoms with Gasteiger partial charge in [0.25, 0.3) is 0 Å². The van der Waals surface area contributed by atoms with Gasteiger partial charge in [0.1, 0.15) is 6.04 Å². The minimum absolute atomic E-state index is 0.0966. The fourth-order valence-corrected chi connectivity index (χ4v) is 3.21. The van der Waals surface area contributed by atoms with Crippen LogP contribution < -0.4 is 5.32 Å². The number of unbranched alkanes of at least 4 members (excludes halogenated alkanes) is 8. The molecule has 0 aromatic rings. The molecule has 2 unspecified atom stereocenters. The van der Waals surface area contributed by atoms with Gasteiger partial charge in [0.15, 0.2) is 0 Å². The molecule has 0 rings (SSSR count). The minimum Gasteiger partial charge on any atom is -0.481 e. The number of aliphatic carboxylic acids is 2. The summed E-state index contributed by atoms with van der Waals surface area (Å²) in [7, 11) is 0. The van der Waals surface area contributed by atoms with Crippen molar-refractivity contribution in [2.75, 3.05) is 0 Å². The lowest BCUT2D eigenvalue weighted by atomic mass is 9.99. The smallest absolute Gasteiger partial charge is 0.326 e. The van der Waals surface area contributed by atoms with Crippen LogP contribution in [0.15, 0.2) is 0 Å². The largest absolute Gasteiger partial charge is 0.481 e. The molecule has 164 valence electrons. The fraction of sp³-hybridized carbons (Fsp3) is 0.864. The second-order valence-corrected chi connectivity index (χ2v) is 8.39. The molecule has 0 aliphatic rings. The van der Waals surface area contributed by atoms with Crippen molar-refractivity contribution in [2.45, 2.75) is 110 Å². The Kier molecular flexibility index (Phi) is 15.4. The number of hydrogen-bond acceptors (Lipinski definition) is 3. The maximum Gasteiger partial charge on any atom is 0.326 e. The van der Waals surface area contributed by atoms with E-state index in [2.05, 4.69) is 19.2 Å². The zero-order valence-corrected chi connectivity index (χ0v) is 18.0. The summed E-state index contributed by atoms with van der Waals surface area (Å²) in [4.78, 5) is 33.8. The molecule has 0 bridgehead atoms. The molecule has 2 atom stereocenters. The van der Waals surface area contributed by atoms with Crippen molar-refractivity contribution in [2.24, 2.45) is 11.8 Å². The first-order chi connectivity index (χ1) is 13.2. The Hall–Kier alpha value is -1.59. The van der Waals surface area contributed by atoms with E-state index in [0.717, 1.165) is 25.2 Å². The van der Waals surface area contributed by atoms with Crippen molar-refractivity contribution >= 4 is 17.8 Å². The van der Waals surface area contributed by atoms with Crippen molar-refractivity contribution < 1.29 is 24.6 Å². The summed E-state index contributed by atoms with van der Waals surface area (Å²) in [6, 6.07) is -1.13. The lowest BCUT2D eigenvalue weighted by Gasteiger charge is -2.17. The molecule has 0 aromatic heterocycles. The maximum atomic E-state index is 12.1. The molecule has 6 nitrogen and oxygen atoms in total. The molecule has 1 amide bonds. The van der Waals surface area contributed by atoms with Gasteiger partial charge < -0.3 is 15.5 Å². The predicted octanol–water partition coefficient (Wildman–Crippen LogP) is 5.00. The van der Waals surface area contributed by atoms with Crippen molar-refractivity contribution in [1.29, 1.82) is 0 Å². The number of carboxylic acid groups (broad SMARTS) is 2. The van der Waals surface area contributed by atoms with Crippen LogP contribution in [0.2, 0.25) is 0 Å². The highest BCUT2D eigenvalue weighted by molar-refractivity contribution is 5.85. The van der Waals surface area contributed by atoms with Gasteiger partial charge in [-0.05, 0) is 18.8 Å². The van der Waals surface area contributed by atoms with Gasteiger partial charge in [-0.15, -0.1) is 0 Å². The summed E-state index contributed by atoms with van der Waals surface area (Å²) in [5.41, 5.74) is 0. The van der Waals surface area contributed by atoms with Crippen LogP contribution in [0.1, 0.15) is 104 Å². The fourth-order valence-electron chi connectivity index (χ4n) is 3.21. The third-order valence-corrected chi connectivity index (χ3v) is 5.13. The van der Waals surface area contributed by atoms with Crippen LogP contribution in [-0.2, 0) is 14.4 Å². The molecule has 6 heteroatoms. The first-order valence-corrected chi connectivity index (χ1v) is 11.0. The topological polar surface area (TPSA) is 104 Å². The molecular formula is C22H41NO5. The third-order valence-electron chi connectivity index (χ3n) is 5.13. The number of rotatable bonds is 18. The highest BCUT2D eigenvalue weighted by Gasteiger charge is 2.23. The lowest BCUT2D eigenvalue weighted by Crippen LogP contribution is -2.43. The molecule has 0 fully saturated rings. The first-order valence-electron chi connectivity index (χ1n) is 11.0. The quantitative estimate of drug-likeness (QED) is 0.281. The summed E-state index contributed by atoms with van der Waals surface area (Å²) in [6.07, 6.45) is 12.8. The van der Waals surface area contributed by atoms with E-state index in [1.54, 1.807) is 6.92 Å². The summed E-state index contributed by atoms with van der Waals surface area (Å²) in [5.74, 6) is -2.01. The van der Waals surface area contributed by atoms with Gasteiger partial charge >= 0.3 is 11.9 Å². The van der Waals surface area contributed by atoms with E-state index in [1.807, 2.05) is 0 Å². The Labute approximate surface area is 170 Å². The van der Waals surface area contributed by atoms with E-state index in [-0.39, 0.29) is 24.7 Å². The van der Waals surface area contributed by atoms with Crippen molar-refractivity contribution in [3.05, 3.63) is 0 Å².